The van der Waals surface area contributed by atoms with Crippen LogP contribution in [0.5, 0.6) is 0 Å². The molecule has 1 amide bonds. The summed E-state index contributed by atoms with van der Waals surface area (Å²) >= 11 is 0. The highest BCUT2D eigenvalue weighted by Crippen LogP contribution is 2.24. The molecular formula is C18H26F2N2O. The number of piperidine rings is 1. The summed E-state index contributed by atoms with van der Waals surface area (Å²) in [6.45, 7) is 5.98. The van der Waals surface area contributed by atoms with E-state index in [2.05, 4.69) is 17.6 Å². The molecule has 0 bridgehead atoms. The first-order chi connectivity index (χ1) is 11.0. The van der Waals surface area contributed by atoms with E-state index in [1.165, 1.54) is 12.1 Å². The summed E-state index contributed by atoms with van der Waals surface area (Å²) in [6, 6.07) is 3.08. The minimum absolute atomic E-state index is 0.0707. The lowest BCUT2D eigenvalue weighted by Gasteiger charge is -2.28. The molecule has 3 nitrogen and oxygen atoms in total. The highest BCUT2D eigenvalue weighted by Gasteiger charge is 2.23. The smallest absolute Gasteiger partial charge is 0.220 e. The Labute approximate surface area is 136 Å². The number of rotatable bonds is 6. The summed E-state index contributed by atoms with van der Waals surface area (Å²) in [6.07, 6.45) is 3.29. The SMILES string of the molecule is CCC(NC(=O)CC(C)C1CCCNC1)c1ccc(F)cc1F. The fraction of sp³-hybridized carbons (Fsp3) is 0.611. The van der Waals surface area contributed by atoms with Gasteiger partial charge in [0.1, 0.15) is 11.6 Å². The Morgan fingerprint density at radius 1 is 1.43 bits per heavy atom. The molecule has 3 atom stereocenters. The van der Waals surface area contributed by atoms with Crippen LogP contribution in [0.25, 0.3) is 0 Å². The van der Waals surface area contributed by atoms with Gasteiger partial charge in [0.05, 0.1) is 6.04 Å². The predicted molar refractivity (Wildman–Crippen MR) is 86.9 cm³/mol. The number of benzene rings is 1. The van der Waals surface area contributed by atoms with Crippen molar-refractivity contribution in [2.24, 2.45) is 11.8 Å². The molecule has 5 heteroatoms. The molecule has 0 aliphatic carbocycles. The van der Waals surface area contributed by atoms with Crippen molar-refractivity contribution in [3.8, 4) is 0 Å². The van der Waals surface area contributed by atoms with Crippen molar-refractivity contribution in [2.75, 3.05) is 13.1 Å². The highest BCUT2D eigenvalue weighted by atomic mass is 19.1. The number of halogens is 2. The van der Waals surface area contributed by atoms with Gasteiger partial charge in [0.2, 0.25) is 5.91 Å². The first kappa shape index (κ1) is 17.9. The zero-order valence-corrected chi connectivity index (χ0v) is 13.9. The van der Waals surface area contributed by atoms with Gasteiger partial charge in [-0.3, -0.25) is 4.79 Å². The molecule has 1 saturated heterocycles. The molecule has 1 aliphatic rings. The van der Waals surface area contributed by atoms with Gasteiger partial charge in [-0.25, -0.2) is 8.78 Å². The van der Waals surface area contributed by atoms with E-state index in [0.29, 0.717) is 30.2 Å². The fourth-order valence-electron chi connectivity index (χ4n) is 3.26. The molecule has 3 unspecified atom stereocenters. The molecule has 23 heavy (non-hydrogen) atoms. The quantitative estimate of drug-likeness (QED) is 0.840. The van der Waals surface area contributed by atoms with E-state index in [0.717, 1.165) is 32.0 Å². The lowest BCUT2D eigenvalue weighted by molar-refractivity contribution is -0.123. The maximum atomic E-state index is 13.9. The average molecular weight is 324 g/mol. The second kappa shape index (κ2) is 8.39. The van der Waals surface area contributed by atoms with Crippen LogP contribution in [0, 0.1) is 23.5 Å². The third-order valence-corrected chi connectivity index (χ3v) is 4.73. The molecule has 1 aromatic carbocycles. The van der Waals surface area contributed by atoms with Gasteiger partial charge in [0.15, 0.2) is 0 Å². The summed E-state index contributed by atoms with van der Waals surface area (Å²) in [5, 5.41) is 6.25. The number of carbonyl (C=O) groups excluding carboxylic acids is 1. The Kier molecular flexibility index (Phi) is 6.51. The van der Waals surface area contributed by atoms with Gasteiger partial charge in [-0.2, -0.15) is 0 Å². The molecule has 0 spiro atoms. The monoisotopic (exact) mass is 324 g/mol. The van der Waals surface area contributed by atoms with Crippen molar-refractivity contribution in [3.63, 3.8) is 0 Å². The van der Waals surface area contributed by atoms with E-state index in [1.807, 2.05) is 6.92 Å². The van der Waals surface area contributed by atoms with Crippen molar-refractivity contribution in [1.82, 2.24) is 10.6 Å². The van der Waals surface area contributed by atoms with Crippen molar-refractivity contribution in [2.45, 2.75) is 45.6 Å². The van der Waals surface area contributed by atoms with Gasteiger partial charge < -0.3 is 10.6 Å². The van der Waals surface area contributed by atoms with Crippen LogP contribution in [0.3, 0.4) is 0 Å². The normalized spacial score (nSPS) is 20.8. The number of nitrogens with one attached hydrogen (secondary N) is 2. The fourth-order valence-corrected chi connectivity index (χ4v) is 3.26. The van der Waals surface area contributed by atoms with Crippen LogP contribution in [0.15, 0.2) is 18.2 Å². The van der Waals surface area contributed by atoms with Crippen molar-refractivity contribution >= 4 is 5.91 Å². The molecule has 2 rings (SSSR count). The Hall–Kier alpha value is -1.49. The molecule has 128 valence electrons. The van der Waals surface area contributed by atoms with Crippen LogP contribution in [0.2, 0.25) is 0 Å². The van der Waals surface area contributed by atoms with Gasteiger partial charge in [0, 0.05) is 18.1 Å². The van der Waals surface area contributed by atoms with Crippen LogP contribution < -0.4 is 10.6 Å². The van der Waals surface area contributed by atoms with Crippen LogP contribution in [0.4, 0.5) is 8.78 Å². The molecule has 0 aromatic heterocycles. The van der Waals surface area contributed by atoms with Gasteiger partial charge in [0.25, 0.3) is 0 Å². The third-order valence-electron chi connectivity index (χ3n) is 4.73. The maximum Gasteiger partial charge on any atom is 0.220 e. The van der Waals surface area contributed by atoms with Gasteiger partial charge in [-0.1, -0.05) is 19.9 Å². The standard InChI is InChI=1S/C18H26F2N2O/c1-3-17(15-7-6-14(19)10-16(15)20)22-18(23)9-12(2)13-5-4-8-21-11-13/h6-7,10,12-13,17,21H,3-5,8-9,11H2,1-2H3,(H,22,23). The topological polar surface area (TPSA) is 41.1 Å². The Bertz CT molecular complexity index is 530. The number of carbonyl (C=O) groups is 1. The van der Waals surface area contributed by atoms with Crippen molar-refractivity contribution < 1.29 is 13.6 Å². The van der Waals surface area contributed by atoms with Crippen molar-refractivity contribution in [3.05, 3.63) is 35.4 Å². The molecule has 0 radical (unpaired) electrons. The lowest BCUT2D eigenvalue weighted by Crippen LogP contribution is -2.36. The zero-order valence-electron chi connectivity index (χ0n) is 13.9. The number of hydrogen-bond acceptors (Lipinski definition) is 2. The van der Waals surface area contributed by atoms with Gasteiger partial charge >= 0.3 is 0 Å². The molecule has 1 fully saturated rings. The summed E-state index contributed by atoms with van der Waals surface area (Å²) in [5.74, 6) is -0.485. The summed E-state index contributed by atoms with van der Waals surface area (Å²) in [5.41, 5.74) is 0.342. The Balaban J connectivity index is 1.93. The first-order valence-corrected chi connectivity index (χ1v) is 8.46. The number of amides is 1. The summed E-state index contributed by atoms with van der Waals surface area (Å²) in [4.78, 5) is 12.3. The Morgan fingerprint density at radius 2 is 2.22 bits per heavy atom. The molecule has 2 N–H and O–H groups in total. The van der Waals surface area contributed by atoms with Gasteiger partial charge in [-0.05, 0) is 50.3 Å². The molecular weight excluding hydrogens is 298 g/mol. The van der Waals surface area contributed by atoms with Crippen LogP contribution >= 0.6 is 0 Å². The van der Waals surface area contributed by atoms with E-state index in [-0.39, 0.29) is 5.91 Å². The molecule has 1 heterocycles. The summed E-state index contributed by atoms with van der Waals surface area (Å²) < 4.78 is 26.9. The van der Waals surface area contributed by atoms with Crippen LogP contribution in [-0.4, -0.2) is 19.0 Å². The van der Waals surface area contributed by atoms with E-state index >= 15 is 0 Å². The van der Waals surface area contributed by atoms with E-state index in [9.17, 15) is 13.6 Å². The molecule has 0 saturated carbocycles. The second-order valence-corrected chi connectivity index (χ2v) is 6.48. The second-order valence-electron chi connectivity index (χ2n) is 6.48. The summed E-state index contributed by atoms with van der Waals surface area (Å²) in [7, 11) is 0. The predicted octanol–water partition coefficient (Wildman–Crippen LogP) is 3.56. The van der Waals surface area contributed by atoms with Crippen LogP contribution in [-0.2, 0) is 4.79 Å². The van der Waals surface area contributed by atoms with E-state index in [4.69, 9.17) is 0 Å². The zero-order chi connectivity index (χ0) is 16.8. The van der Waals surface area contributed by atoms with Crippen molar-refractivity contribution in [1.29, 1.82) is 0 Å². The Morgan fingerprint density at radius 3 is 2.83 bits per heavy atom. The maximum absolute atomic E-state index is 13.9. The first-order valence-electron chi connectivity index (χ1n) is 8.46. The van der Waals surface area contributed by atoms with Crippen LogP contribution in [0.1, 0.15) is 51.1 Å². The highest BCUT2D eigenvalue weighted by molar-refractivity contribution is 5.76. The van der Waals surface area contributed by atoms with E-state index < -0.39 is 17.7 Å². The third kappa shape index (κ3) is 4.99. The van der Waals surface area contributed by atoms with Gasteiger partial charge in [-0.15, -0.1) is 0 Å². The largest absolute Gasteiger partial charge is 0.349 e. The average Bonchev–Trinajstić information content (AvgIpc) is 2.54. The minimum Gasteiger partial charge on any atom is -0.349 e. The number of hydrogen-bond donors (Lipinski definition) is 2. The molecule has 1 aromatic rings. The lowest BCUT2D eigenvalue weighted by atomic mass is 9.85. The molecule has 1 aliphatic heterocycles. The van der Waals surface area contributed by atoms with E-state index in [1.54, 1.807) is 0 Å². The minimum atomic E-state index is -0.610.